The van der Waals surface area contributed by atoms with Gasteiger partial charge in [0.05, 0.1) is 6.54 Å². The van der Waals surface area contributed by atoms with Crippen LogP contribution in [0.4, 0.5) is 5.69 Å². The van der Waals surface area contributed by atoms with Crippen molar-refractivity contribution in [2.24, 2.45) is 5.92 Å². The average molecular weight is 354 g/mol. The summed E-state index contributed by atoms with van der Waals surface area (Å²) in [6.07, 6.45) is 2.50. The SMILES string of the molecule is O=C(CCC1CCNC1)NCC(=O)Nc1ccc(Br)cc1. The molecule has 21 heavy (non-hydrogen) atoms. The van der Waals surface area contributed by atoms with Crippen LogP contribution in [0.3, 0.4) is 0 Å². The molecular formula is C15H20BrN3O2. The van der Waals surface area contributed by atoms with Crippen molar-refractivity contribution in [2.75, 3.05) is 25.0 Å². The summed E-state index contributed by atoms with van der Waals surface area (Å²) >= 11 is 3.33. The Labute approximate surface area is 133 Å². The van der Waals surface area contributed by atoms with Gasteiger partial charge in [0, 0.05) is 16.6 Å². The van der Waals surface area contributed by atoms with Crippen LogP contribution < -0.4 is 16.0 Å². The maximum absolute atomic E-state index is 11.7. The third kappa shape index (κ3) is 5.85. The molecule has 0 saturated carbocycles. The van der Waals surface area contributed by atoms with Gasteiger partial charge < -0.3 is 16.0 Å². The maximum Gasteiger partial charge on any atom is 0.243 e. The summed E-state index contributed by atoms with van der Waals surface area (Å²) in [5.74, 6) is 0.313. The van der Waals surface area contributed by atoms with Crippen molar-refractivity contribution in [1.29, 1.82) is 0 Å². The lowest BCUT2D eigenvalue weighted by atomic mass is 10.0. The Balaban J connectivity index is 1.63. The van der Waals surface area contributed by atoms with Crippen LogP contribution in [0, 0.1) is 5.92 Å². The van der Waals surface area contributed by atoms with E-state index in [1.807, 2.05) is 12.1 Å². The summed E-state index contributed by atoms with van der Waals surface area (Å²) in [5.41, 5.74) is 0.717. The minimum atomic E-state index is -0.215. The van der Waals surface area contributed by atoms with Crippen molar-refractivity contribution in [3.8, 4) is 0 Å². The minimum Gasteiger partial charge on any atom is -0.347 e. The Bertz CT molecular complexity index is 484. The monoisotopic (exact) mass is 353 g/mol. The Morgan fingerprint density at radius 2 is 2.00 bits per heavy atom. The summed E-state index contributed by atoms with van der Waals surface area (Å²) in [6, 6.07) is 7.31. The van der Waals surface area contributed by atoms with Crippen LogP contribution in [0.15, 0.2) is 28.7 Å². The molecule has 1 unspecified atom stereocenters. The van der Waals surface area contributed by atoms with Crippen molar-refractivity contribution in [2.45, 2.75) is 19.3 Å². The van der Waals surface area contributed by atoms with Crippen molar-refractivity contribution < 1.29 is 9.59 Å². The van der Waals surface area contributed by atoms with Gasteiger partial charge in [0.2, 0.25) is 11.8 Å². The standard InChI is InChI=1S/C15H20BrN3O2/c16-12-2-4-13(5-3-12)19-15(21)10-18-14(20)6-1-11-7-8-17-9-11/h2-5,11,17H,1,6-10H2,(H,18,20)(H,19,21). The Morgan fingerprint density at radius 1 is 1.24 bits per heavy atom. The molecule has 1 aliphatic rings. The number of amides is 2. The second-order valence-corrected chi connectivity index (χ2v) is 6.14. The van der Waals surface area contributed by atoms with Crippen LogP contribution in [0.1, 0.15) is 19.3 Å². The number of carbonyl (C=O) groups excluding carboxylic acids is 2. The van der Waals surface area contributed by atoms with Gasteiger partial charge in [-0.2, -0.15) is 0 Å². The van der Waals surface area contributed by atoms with Gasteiger partial charge in [0.1, 0.15) is 0 Å². The fourth-order valence-electron chi connectivity index (χ4n) is 2.30. The second-order valence-electron chi connectivity index (χ2n) is 5.23. The number of halogens is 1. The zero-order chi connectivity index (χ0) is 15.1. The summed E-state index contributed by atoms with van der Waals surface area (Å²) < 4.78 is 0.954. The highest BCUT2D eigenvalue weighted by atomic mass is 79.9. The third-order valence-electron chi connectivity index (χ3n) is 3.52. The summed E-state index contributed by atoms with van der Waals surface area (Å²) in [4.78, 5) is 23.4. The van der Waals surface area contributed by atoms with Gasteiger partial charge in [-0.15, -0.1) is 0 Å². The molecule has 3 N–H and O–H groups in total. The lowest BCUT2D eigenvalue weighted by molar-refractivity contribution is -0.124. The van der Waals surface area contributed by atoms with Gasteiger partial charge in [0.15, 0.2) is 0 Å². The lowest BCUT2D eigenvalue weighted by Crippen LogP contribution is -2.33. The van der Waals surface area contributed by atoms with Crippen LogP contribution in [-0.2, 0) is 9.59 Å². The molecule has 6 heteroatoms. The quantitative estimate of drug-likeness (QED) is 0.731. The molecule has 2 amide bonds. The van der Waals surface area contributed by atoms with Crippen molar-refractivity contribution in [3.63, 3.8) is 0 Å². The molecule has 1 fully saturated rings. The van der Waals surface area contributed by atoms with E-state index in [0.717, 1.165) is 36.1 Å². The molecule has 114 valence electrons. The molecule has 1 aliphatic heterocycles. The molecule has 1 saturated heterocycles. The minimum absolute atomic E-state index is 0.0117. The molecule has 1 aromatic rings. The molecule has 1 aromatic carbocycles. The van der Waals surface area contributed by atoms with Gasteiger partial charge in [0.25, 0.3) is 0 Å². The van der Waals surface area contributed by atoms with Crippen molar-refractivity contribution in [1.82, 2.24) is 10.6 Å². The van der Waals surface area contributed by atoms with E-state index in [0.29, 0.717) is 12.3 Å². The van der Waals surface area contributed by atoms with Crippen LogP contribution in [0.25, 0.3) is 0 Å². The third-order valence-corrected chi connectivity index (χ3v) is 4.04. The van der Waals surface area contributed by atoms with Crippen molar-refractivity contribution >= 4 is 33.4 Å². The molecule has 0 aliphatic carbocycles. The topological polar surface area (TPSA) is 70.2 Å². The normalized spacial score (nSPS) is 17.5. The number of nitrogens with one attached hydrogen (secondary N) is 3. The second kappa shape index (κ2) is 8.14. The molecule has 0 aromatic heterocycles. The molecule has 0 radical (unpaired) electrons. The van der Waals surface area contributed by atoms with Crippen molar-refractivity contribution in [3.05, 3.63) is 28.7 Å². The zero-order valence-electron chi connectivity index (χ0n) is 11.8. The van der Waals surface area contributed by atoms with Crippen LogP contribution in [0.2, 0.25) is 0 Å². The Kier molecular flexibility index (Phi) is 6.20. The zero-order valence-corrected chi connectivity index (χ0v) is 13.4. The molecule has 0 spiro atoms. The van der Waals surface area contributed by atoms with E-state index in [9.17, 15) is 9.59 Å². The van der Waals surface area contributed by atoms with E-state index in [2.05, 4.69) is 31.9 Å². The van der Waals surface area contributed by atoms with E-state index < -0.39 is 0 Å². The number of anilines is 1. The first-order valence-corrected chi connectivity index (χ1v) is 7.95. The Morgan fingerprint density at radius 3 is 2.67 bits per heavy atom. The predicted molar refractivity (Wildman–Crippen MR) is 86.0 cm³/mol. The first-order chi connectivity index (χ1) is 10.1. The summed E-state index contributed by atoms with van der Waals surface area (Å²) in [7, 11) is 0. The van der Waals surface area contributed by atoms with Gasteiger partial charge in [-0.1, -0.05) is 15.9 Å². The first kappa shape index (κ1) is 16.0. The summed E-state index contributed by atoms with van der Waals surface area (Å²) in [5, 5.41) is 8.67. The van der Waals surface area contributed by atoms with Gasteiger partial charge >= 0.3 is 0 Å². The highest BCUT2D eigenvalue weighted by Crippen LogP contribution is 2.14. The van der Waals surface area contributed by atoms with Crippen LogP contribution in [0.5, 0.6) is 0 Å². The van der Waals surface area contributed by atoms with E-state index in [1.54, 1.807) is 12.1 Å². The highest BCUT2D eigenvalue weighted by Gasteiger charge is 2.15. The van der Waals surface area contributed by atoms with E-state index >= 15 is 0 Å². The fourth-order valence-corrected chi connectivity index (χ4v) is 2.57. The van der Waals surface area contributed by atoms with E-state index in [1.165, 1.54) is 0 Å². The molecule has 2 rings (SSSR count). The average Bonchev–Trinajstić information content (AvgIpc) is 2.99. The van der Waals surface area contributed by atoms with Gasteiger partial charge in [-0.05, 0) is 56.1 Å². The number of carbonyl (C=O) groups is 2. The van der Waals surface area contributed by atoms with Gasteiger partial charge in [-0.25, -0.2) is 0 Å². The molecular weight excluding hydrogens is 334 g/mol. The molecule has 1 heterocycles. The molecule has 1 atom stereocenters. The number of hydrogen-bond acceptors (Lipinski definition) is 3. The molecule has 5 nitrogen and oxygen atoms in total. The smallest absolute Gasteiger partial charge is 0.243 e. The lowest BCUT2D eigenvalue weighted by Gasteiger charge is -2.09. The number of rotatable bonds is 6. The molecule has 0 bridgehead atoms. The number of benzene rings is 1. The van der Waals surface area contributed by atoms with Crippen LogP contribution in [-0.4, -0.2) is 31.4 Å². The highest BCUT2D eigenvalue weighted by molar-refractivity contribution is 9.10. The predicted octanol–water partition coefficient (Wildman–Crippen LogP) is 1.89. The van der Waals surface area contributed by atoms with E-state index in [4.69, 9.17) is 0 Å². The van der Waals surface area contributed by atoms with Crippen LogP contribution >= 0.6 is 15.9 Å². The summed E-state index contributed by atoms with van der Waals surface area (Å²) in [6.45, 7) is 2.05. The number of hydrogen-bond donors (Lipinski definition) is 3. The fraction of sp³-hybridized carbons (Fsp3) is 0.467. The van der Waals surface area contributed by atoms with E-state index in [-0.39, 0.29) is 18.4 Å². The van der Waals surface area contributed by atoms with Gasteiger partial charge in [-0.3, -0.25) is 9.59 Å². The Hall–Kier alpha value is -1.40. The first-order valence-electron chi connectivity index (χ1n) is 7.16. The largest absolute Gasteiger partial charge is 0.347 e. The maximum atomic E-state index is 11.7.